The van der Waals surface area contributed by atoms with Crippen molar-refractivity contribution in [1.82, 2.24) is 4.57 Å². The summed E-state index contributed by atoms with van der Waals surface area (Å²) in [7, 11) is 1.63. The third-order valence-corrected chi connectivity index (χ3v) is 6.75. The zero-order valence-electron chi connectivity index (χ0n) is 20.1. The maximum atomic E-state index is 13.2. The summed E-state index contributed by atoms with van der Waals surface area (Å²) in [5.74, 6) is 1.57. The molecule has 1 aliphatic heterocycles. The topological polar surface area (TPSA) is 66.8 Å². The third-order valence-electron chi connectivity index (χ3n) is 6.23. The number of ketones is 2. The monoisotopic (exact) mass is 545 g/mol. The van der Waals surface area contributed by atoms with Crippen LogP contribution in [0.1, 0.15) is 38.8 Å². The van der Waals surface area contributed by atoms with Crippen molar-refractivity contribution < 1.29 is 23.8 Å². The fraction of sp³-hybridized carbons (Fsp3) is 0.172. The molecular formula is C29H24BrNO5. The number of aryl methyl sites for hydroxylation is 2. The number of benzene rings is 3. The van der Waals surface area contributed by atoms with E-state index in [1.54, 1.807) is 37.5 Å². The number of nitrogens with zero attached hydrogens (tertiary/aromatic N) is 1. The third kappa shape index (κ3) is 4.42. The molecule has 6 nitrogen and oxygen atoms in total. The van der Waals surface area contributed by atoms with E-state index in [1.807, 2.05) is 43.5 Å². The average molecular weight is 546 g/mol. The van der Waals surface area contributed by atoms with E-state index in [0.717, 1.165) is 38.8 Å². The number of carbonyl (C=O) groups is 2. The summed E-state index contributed by atoms with van der Waals surface area (Å²) in [4.78, 5) is 25.7. The lowest BCUT2D eigenvalue weighted by atomic mass is 10.0. The molecule has 3 aromatic carbocycles. The molecule has 0 unspecified atom stereocenters. The smallest absolute Gasteiger partial charge is 0.232 e. The molecule has 0 radical (unpaired) electrons. The molecule has 0 bridgehead atoms. The summed E-state index contributed by atoms with van der Waals surface area (Å²) in [6.07, 6.45) is 3.78. The molecule has 0 amide bonds. The standard InChI is InChI=1S/C29H24BrNO5/c1-4-31-15-19(23-13-21(34-3)9-10-24(23)31)12-27-29(33)28-17(2)11-22(14-26(28)36-27)35-16-25(32)18-5-7-20(30)8-6-18/h5-15H,4,16H2,1-3H3/b27-12-. The predicted octanol–water partition coefficient (Wildman–Crippen LogP) is 6.62. The molecule has 1 aromatic heterocycles. The van der Waals surface area contributed by atoms with Gasteiger partial charge < -0.3 is 18.8 Å². The SMILES string of the molecule is CCn1cc(/C=C2\Oc3cc(OCC(=O)c4ccc(Br)cc4)cc(C)c3C2=O)c2cc(OC)ccc21. The summed E-state index contributed by atoms with van der Waals surface area (Å²) in [5.41, 5.74) is 3.72. The quantitative estimate of drug-likeness (QED) is 0.193. The van der Waals surface area contributed by atoms with Crippen molar-refractivity contribution in [3.63, 3.8) is 0 Å². The zero-order chi connectivity index (χ0) is 25.4. The molecule has 0 fully saturated rings. The molecule has 7 heteroatoms. The number of methoxy groups -OCH3 is 1. The molecule has 0 spiro atoms. The van der Waals surface area contributed by atoms with Crippen molar-refractivity contribution >= 4 is 44.5 Å². The van der Waals surface area contributed by atoms with E-state index in [2.05, 4.69) is 27.4 Å². The van der Waals surface area contributed by atoms with Gasteiger partial charge in [0.05, 0.1) is 12.7 Å². The van der Waals surface area contributed by atoms with Gasteiger partial charge in [-0.15, -0.1) is 0 Å². The van der Waals surface area contributed by atoms with Crippen LogP contribution in [-0.4, -0.2) is 29.9 Å². The first kappa shape index (κ1) is 23.9. The summed E-state index contributed by atoms with van der Waals surface area (Å²) < 4.78 is 20.2. The molecule has 0 N–H and O–H groups in total. The molecule has 0 saturated heterocycles. The minimum absolute atomic E-state index is 0.116. The van der Waals surface area contributed by atoms with Crippen LogP contribution in [0, 0.1) is 6.92 Å². The van der Waals surface area contributed by atoms with E-state index in [-0.39, 0.29) is 23.9 Å². The van der Waals surface area contributed by atoms with E-state index >= 15 is 0 Å². The van der Waals surface area contributed by atoms with Crippen LogP contribution in [0.15, 0.2) is 71.0 Å². The number of hydrogen-bond acceptors (Lipinski definition) is 5. The Morgan fingerprint density at radius 2 is 1.86 bits per heavy atom. The number of hydrogen-bond donors (Lipinski definition) is 0. The van der Waals surface area contributed by atoms with Crippen LogP contribution in [0.25, 0.3) is 17.0 Å². The summed E-state index contributed by atoms with van der Waals surface area (Å²) in [5, 5.41) is 0.975. The van der Waals surface area contributed by atoms with Crippen LogP contribution in [0.2, 0.25) is 0 Å². The number of ether oxygens (including phenoxy) is 3. The minimum atomic E-state index is -0.180. The fourth-order valence-corrected chi connectivity index (χ4v) is 4.64. The Morgan fingerprint density at radius 3 is 2.58 bits per heavy atom. The number of rotatable bonds is 7. The Kier molecular flexibility index (Phi) is 6.41. The maximum absolute atomic E-state index is 13.2. The Morgan fingerprint density at radius 1 is 1.08 bits per heavy atom. The van der Waals surface area contributed by atoms with Gasteiger partial charge in [0.15, 0.2) is 18.1 Å². The molecule has 0 saturated carbocycles. The number of carbonyl (C=O) groups excluding carboxylic acids is 2. The van der Waals surface area contributed by atoms with Crippen molar-refractivity contribution in [3.05, 3.63) is 93.3 Å². The fourth-order valence-electron chi connectivity index (χ4n) is 4.38. The van der Waals surface area contributed by atoms with Crippen LogP contribution in [0.4, 0.5) is 0 Å². The Balaban J connectivity index is 1.41. The van der Waals surface area contributed by atoms with Crippen LogP contribution in [0.3, 0.4) is 0 Å². The van der Waals surface area contributed by atoms with Gasteiger partial charge in [-0.3, -0.25) is 9.59 Å². The summed E-state index contributed by atoms with van der Waals surface area (Å²) in [6.45, 7) is 4.58. The molecule has 182 valence electrons. The van der Waals surface area contributed by atoms with Crippen molar-refractivity contribution in [3.8, 4) is 17.2 Å². The van der Waals surface area contributed by atoms with Gasteiger partial charge in [0.1, 0.15) is 17.2 Å². The summed E-state index contributed by atoms with van der Waals surface area (Å²) in [6, 6.07) is 16.4. The first-order chi connectivity index (χ1) is 17.4. The molecule has 2 heterocycles. The average Bonchev–Trinajstić information content (AvgIpc) is 3.39. The van der Waals surface area contributed by atoms with Crippen molar-refractivity contribution in [1.29, 1.82) is 0 Å². The second-order valence-electron chi connectivity index (χ2n) is 8.53. The van der Waals surface area contributed by atoms with Crippen LogP contribution >= 0.6 is 15.9 Å². The highest BCUT2D eigenvalue weighted by atomic mass is 79.9. The second kappa shape index (κ2) is 9.66. The molecule has 0 aliphatic carbocycles. The number of fused-ring (bicyclic) bond motifs is 2. The Labute approximate surface area is 217 Å². The van der Waals surface area contributed by atoms with Gasteiger partial charge in [0.2, 0.25) is 5.78 Å². The number of allylic oxidation sites excluding steroid dienone is 1. The molecule has 36 heavy (non-hydrogen) atoms. The molecule has 4 aromatic rings. The van der Waals surface area contributed by atoms with E-state index < -0.39 is 0 Å². The van der Waals surface area contributed by atoms with Gasteiger partial charge in [-0.25, -0.2) is 0 Å². The van der Waals surface area contributed by atoms with E-state index in [9.17, 15) is 9.59 Å². The second-order valence-corrected chi connectivity index (χ2v) is 9.44. The highest BCUT2D eigenvalue weighted by Crippen LogP contribution is 2.38. The lowest BCUT2D eigenvalue weighted by molar-refractivity contribution is 0.0920. The number of aromatic nitrogens is 1. The normalized spacial score (nSPS) is 13.7. The zero-order valence-corrected chi connectivity index (χ0v) is 21.7. The van der Waals surface area contributed by atoms with Crippen molar-refractivity contribution in [2.24, 2.45) is 0 Å². The minimum Gasteiger partial charge on any atom is -0.497 e. The first-order valence-electron chi connectivity index (χ1n) is 11.5. The molecule has 0 atom stereocenters. The van der Waals surface area contributed by atoms with Crippen molar-refractivity contribution in [2.45, 2.75) is 20.4 Å². The van der Waals surface area contributed by atoms with E-state index in [0.29, 0.717) is 22.6 Å². The lowest BCUT2D eigenvalue weighted by Crippen LogP contribution is -2.11. The van der Waals surface area contributed by atoms with Crippen molar-refractivity contribution in [2.75, 3.05) is 13.7 Å². The Bertz CT molecular complexity index is 1530. The van der Waals surface area contributed by atoms with E-state index in [4.69, 9.17) is 14.2 Å². The highest BCUT2D eigenvalue weighted by Gasteiger charge is 2.30. The molecular weight excluding hydrogens is 522 g/mol. The van der Waals surface area contributed by atoms with Gasteiger partial charge in [-0.2, -0.15) is 0 Å². The van der Waals surface area contributed by atoms with Gasteiger partial charge in [-0.05, 0) is 61.9 Å². The largest absolute Gasteiger partial charge is 0.497 e. The van der Waals surface area contributed by atoms with Gasteiger partial charge >= 0.3 is 0 Å². The van der Waals surface area contributed by atoms with Crippen LogP contribution in [0.5, 0.6) is 17.2 Å². The van der Waals surface area contributed by atoms with Gasteiger partial charge in [0, 0.05) is 45.3 Å². The van der Waals surface area contributed by atoms with Crippen LogP contribution < -0.4 is 14.2 Å². The maximum Gasteiger partial charge on any atom is 0.232 e. The predicted molar refractivity (Wildman–Crippen MR) is 142 cm³/mol. The lowest BCUT2D eigenvalue weighted by Gasteiger charge is -2.09. The summed E-state index contributed by atoms with van der Waals surface area (Å²) >= 11 is 3.36. The van der Waals surface area contributed by atoms with Gasteiger partial charge in [-0.1, -0.05) is 28.1 Å². The first-order valence-corrected chi connectivity index (χ1v) is 12.3. The Hall–Kier alpha value is -3.84. The highest BCUT2D eigenvalue weighted by molar-refractivity contribution is 9.10. The number of Topliss-reactive ketones (excluding diaryl/α,β-unsaturated/α-hetero) is 2. The van der Waals surface area contributed by atoms with Crippen LogP contribution in [-0.2, 0) is 6.54 Å². The molecule has 5 rings (SSSR count). The number of halogens is 1. The van der Waals surface area contributed by atoms with E-state index in [1.165, 1.54) is 0 Å². The molecule has 1 aliphatic rings. The van der Waals surface area contributed by atoms with Gasteiger partial charge in [0.25, 0.3) is 0 Å².